The number of fused-ring (bicyclic) bond motifs is 2. The van der Waals surface area contributed by atoms with Gasteiger partial charge in [-0.2, -0.15) is 12.8 Å². The zero-order valence-electron chi connectivity index (χ0n) is 24.0. The number of hydrogen-bond donors (Lipinski definition) is 1. The predicted molar refractivity (Wildman–Crippen MR) is 169 cm³/mol. The Balaban J connectivity index is 0.000000295. The van der Waals surface area contributed by atoms with Gasteiger partial charge >= 0.3 is 10.5 Å². The van der Waals surface area contributed by atoms with Crippen LogP contribution in [0.5, 0.6) is 0 Å². The van der Waals surface area contributed by atoms with Crippen molar-refractivity contribution >= 4 is 27.2 Å². The van der Waals surface area contributed by atoms with Gasteiger partial charge in [-0.1, -0.05) is 103 Å². The highest BCUT2D eigenvalue weighted by molar-refractivity contribution is 7.61. The molecular formula is C35H39N3O3S. The summed E-state index contributed by atoms with van der Waals surface area (Å²) in [7, 11) is -2.56. The molecule has 1 aliphatic carbocycles. The Kier molecular flexibility index (Phi) is 10.5. The zero-order chi connectivity index (χ0) is 29.1. The van der Waals surface area contributed by atoms with Gasteiger partial charge < -0.3 is 5.32 Å². The monoisotopic (exact) mass is 581 g/mol. The zero-order valence-corrected chi connectivity index (χ0v) is 24.8. The predicted octanol–water partition coefficient (Wildman–Crippen LogP) is 6.68. The third-order valence-electron chi connectivity index (χ3n) is 8.15. The van der Waals surface area contributed by atoms with E-state index in [1.165, 1.54) is 59.8 Å². The number of carbonyl (C=O) groups excluding carboxylic acids is 1. The Morgan fingerprint density at radius 2 is 1.48 bits per heavy atom. The highest BCUT2D eigenvalue weighted by Crippen LogP contribution is 2.25. The molecule has 0 radical (unpaired) electrons. The topological polar surface area (TPSA) is 78.8 Å². The third-order valence-corrected chi connectivity index (χ3v) is 8.58. The summed E-state index contributed by atoms with van der Waals surface area (Å²) in [6, 6.07) is 32.0. The Morgan fingerprint density at radius 1 is 0.833 bits per heavy atom. The van der Waals surface area contributed by atoms with Crippen molar-refractivity contribution in [3.63, 3.8) is 0 Å². The van der Waals surface area contributed by atoms with E-state index in [2.05, 4.69) is 81.3 Å². The van der Waals surface area contributed by atoms with E-state index in [1.54, 1.807) is 12.1 Å². The molecule has 1 saturated heterocycles. The van der Waals surface area contributed by atoms with E-state index in [1.807, 2.05) is 18.2 Å². The molecule has 6 nitrogen and oxygen atoms in total. The van der Waals surface area contributed by atoms with E-state index < -0.39 is 16.5 Å². The minimum Gasteiger partial charge on any atom is -0.353 e. The van der Waals surface area contributed by atoms with Crippen LogP contribution in [0.15, 0.2) is 101 Å². The number of aryl methyl sites for hydroxylation is 1. The number of likely N-dealkylation sites (tertiary alicyclic amines) is 1. The van der Waals surface area contributed by atoms with E-state index in [4.69, 9.17) is 0 Å². The highest BCUT2D eigenvalue weighted by atomic mass is 32.2. The van der Waals surface area contributed by atoms with Crippen LogP contribution in [0.3, 0.4) is 0 Å². The number of carbonyl (C=O) groups is 1. The fraction of sp³-hybridized carbons (Fsp3) is 0.343. The molecule has 218 valence electrons. The van der Waals surface area contributed by atoms with Crippen molar-refractivity contribution in [2.75, 3.05) is 13.1 Å². The van der Waals surface area contributed by atoms with Gasteiger partial charge in [0.25, 0.3) is 0 Å². The van der Waals surface area contributed by atoms with Crippen molar-refractivity contribution in [2.45, 2.75) is 63.6 Å². The quantitative estimate of drug-likeness (QED) is 0.264. The van der Waals surface area contributed by atoms with Crippen LogP contribution in [-0.4, -0.2) is 38.4 Å². The maximum Gasteiger partial charge on any atom is 0.311 e. The first kappa shape index (κ1) is 29.7. The van der Waals surface area contributed by atoms with Gasteiger partial charge in [-0.3, -0.25) is 9.69 Å². The van der Waals surface area contributed by atoms with Crippen LogP contribution in [0.1, 0.15) is 60.4 Å². The summed E-state index contributed by atoms with van der Waals surface area (Å²) in [6.45, 7) is 3.42. The highest BCUT2D eigenvalue weighted by Gasteiger charge is 2.23. The molecule has 2 atom stereocenters. The molecule has 6 rings (SSSR count). The molecule has 0 aromatic heterocycles. The fourth-order valence-corrected chi connectivity index (χ4v) is 6.40. The van der Waals surface area contributed by atoms with E-state index >= 15 is 0 Å². The van der Waals surface area contributed by atoms with Crippen LogP contribution in [0.2, 0.25) is 0 Å². The first-order valence-electron chi connectivity index (χ1n) is 14.9. The number of benzene rings is 4. The van der Waals surface area contributed by atoms with E-state index in [0.717, 1.165) is 31.4 Å². The van der Waals surface area contributed by atoms with Crippen LogP contribution < -0.4 is 5.32 Å². The third kappa shape index (κ3) is 8.60. The first-order chi connectivity index (χ1) is 20.5. The molecule has 1 heterocycles. The van der Waals surface area contributed by atoms with Crippen molar-refractivity contribution in [1.82, 2.24) is 10.2 Å². The molecule has 7 heteroatoms. The van der Waals surface area contributed by atoms with Crippen molar-refractivity contribution in [1.29, 1.82) is 0 Å². The van der Waals surface area contributed by atoms with Crippen molar-refractivity contribution < 1.29 is 13.2 Å². The first-order valence-corrected chi connectivity index (χ1v) is 16.0. The largest absolute Gasteiger partial charge is 0.353 e. The number of nitrogens with one attached hydrogen (secondary N) is 1. The molecule has 1 amide bonds. The molecule has 1 aliphatic heterocycles. The fourth-order valence-electron chi connectivity index (χ4n) is 6.00. The lowest BCUT2D eigenvalue weighted by Crippen LogP contribution is -2.39. The van der Waals surface area contributed by atoms with Gasteiger partial charge in [-0.25, -0.2) is 0 Å². The minimum absolute atomic E-state index is 0.0239. The van der Waals surface area contributed by atoms with Crippen molar-refractivity contribution in [2.24, 2.45) is 4.36 Å². The van der Waals surface area contributed by atoms with E-state index in [0.29, 0.717) is 0 Å². The van der Waals surface area contributed by atoms with Gasteiger partial charge in [-0.05, 0) is 78.2 Å². The number of nitrogens with zero attached hydrogens (tertiary/aromatic N) is 2. The molecule has 1 N–H and O–H groups in total. The smallest absolute Gasteiger partial charge is 0.311 e. The SMILES string of the molecule is O=C(CC(N=S(=O)=O)c1ccccc1)NC1CCc2cc(CN3CCCCC3)ccc2C1.c1ccc2ccccc2c1. The average Bonchev–Trinajstić information content (AvgIpc) is 3.02. The summed E-state index contributed by atoms with van der Waals surface area (Å²) in [5.41, 5.74) is 4.80. The van der Waals surface area contributed by atoms with E-state index in [9.17, 15) is 13.2 Å². The summed E-state index contributed by atoms with van der Waals surface area (Å²) < 4.78 is 26.0. The maximum absolute atomic E-state index is 12.7. The summed E-state index contributed by atoms with van der Waals surface area (Å²) in [6.07, 6.45) is 6.63. The number of amides is 1. The van der Waals surface area contributed by atoms with E-state index in [-0.39, 0.29) is 18.4 Å². The lowest BCUT2D eigenvalue weighted by atomic mass is 9.87. The molecule has 0 bridgehead atoms. The molecule has 0 saturated carbocycles. The summed E-state index contributed by atoms with van der Waals surface area (Å²) in [4.78, 5) is 15.2. The molecule has 2 unspecified atom stereocenters. The summed E-state index contributed by atoms with van der Waals surface area (Å²) in [5.74, 6) is -0.164. The van der Waals surface area contributed by atoms with Crippen molar-refractivity contribution in [3.8, 4) is 0 Å². The molecule has 2 aliphatic rings. The van der Waals surface area contributed by atoms with Gasteiger partial charge in [-0.15, -0.1) is 0 Å². The number of hydrogen-bond acceptors (Lipinski definition) is 5. The normalized spacial score (nSPS) is 17.3. The van der Waals surface area contributed by atoms with Crippen LogP contribution in [0.4, 0.5) is 0 Å². The van der Waals surface area contributed by atoms with Crippen molar-refractivity contribution in [3.05, 3.63) is 119 Å². The van der Waals surface area contributed by atoms with Crippen LogP contribution >= 0.6 is 0 Å². The lowest BCUT2D eigenvalue weighted by Gasteiger charge is -2.29. The Labute approximate surface area is 250 Å². The van der Waals surface area contributed by atoms with Gasteiger partial charge in [0.15, 0.2) is 0 Å². The second kappa shape index (κ2) is 14.9. The minimum atomic E-state index is -2.56. The van der Waals surface area contributed by atoms with Crippen LogP contribution in [0, 0.1) is 0 Å². The second-order valence-electron chi connectivity index (χ2n) is 11.2. The molecule has 4 aromatic rings. The second-order valence-corrected chi connectivity index (χ2v) is 11.9. The van der Waals surface area contributed by atoms with Gasteiger partial charge in [0.1, 0.15) is 6.04 Å². The number of piperidine rings is 1. The molecule has 1 fully saturated rings. The molecule has 4 aromatic carbocycles. The van der Waals surface area contributed by atoms with Crippen LogP contribution in [-0.2, 0) is 34.7 Å². The van der Waals surface area contributed by atoms with Gasteiger partial charge in [0.2, 0.25) is 5.91 Å². The standard InChI is InChI=1S/C25H31N3O3S.C10H8/c29-25(17-24(27-32(30)31)20-7-3-1-4-8-20)26-23-12-11-21-15-19(9-10-22(21)16-23)18-28-13-5-2-6-14-28;1-2-6-10-8-4-3-7-9(10)5-1/h1,3-4,7-10,15,23-24H,2,5-6,11-14,16-18H2,(H,26,29);1-8H. The summed E-state index contributed by atoms with van der Waals surface area (Å²) in [5, 5.41) is 5.73. The molecular weight excluding hydrogens is 542 g/mol. The maximum atomic E-state index is 12.7. The Hall–Kier alpha value is -3.81. The summed E-state index contributed by atoms with van der Waals surface area (Å²) >= 11 is 0. The van der Waals surface area contributed by atoms with Gasteiger partial charge in [0.05, 0.1) is 6.42 Å². The average molecular weight is 582 g/mol. The molecule has 42 heavy (non-hydrogen) atoms. The Bertz CT molecular complexity index is 1540. The lowest BCUT2D eigenvalue weighted by molar-refractivity contribution is -0.122. The molecule has 0 spiro atoms. The Morgan fingerprint density at radius 3 is 2.12 bits per heavy atom. The van der Waals surface area contributed by atoms with Crippen LogP contribution in [0.25, 0.3) is 10.8 Å². The number of rotatable bonds is 7. The van der Waals surface area contributed by atoms with Gasteiger partial charge in [0, 0.05) is 12.6 Å².